The van der Waals surface area contributed by atoms with Crippen molar-refractivity contribution in [1.82, 2.24) is 4.90 Å². The Kier molecular flexibility index (Phi) is 5.58. The Balaban J connectivity index is 1.84. The highest BCUT2D eigenvalue weighted by molar-refractivity contribution is 5.89. The van der Waals surface area contributed by atoms with Crippen LogP contribution >= 0.6 is 0 Å². The number of esters is 1. The Bertz CT molecular complexity index is 979. The van der Waals surface area contributed by atoms with E-state index in [9.17, 15) is 24.6 Å². The molecule has 0 aliphatic carbocycles. The number of fused-ring (bicyclic) bond motifs is 1. The molecule has 150 valence electrons. The van der Waals surface area contributed by atoms with Gasteiger partial charge in [0.25, 0.3) is 0 Å². The van der Waals surface area contributed by atoms with Gasteiger partial charge in [0.15, 0.2) is 11.3 Å². The third-order valence-corrected chi connectivity index (χ3v) is 5.13. The SMILES string of the molecule is CCOC(=O)[C@@H]1CCCN(C(=O)Cc2c(C)c3ccc(O)c(O)c3oc2=O)C1. The molecule has 0 bridgehead atoms. The Hall–Kier alpha value is -3.03. The van der Waals surface area contributed by atoms with Crippen molar-refractivity contribution in [3.05, 3.63) is 33.7 Å². The molecular formula is C20H23NO7. The number of benzene rings is 1. The molecule has 8 nitrogen and oxygen atoms in total. The van der Waals surface area contributed by atoms with E-state index in [2.05, 4.69) is 0 Å². The fourth-order valence-corrected chi connectivity index (χ4v) is 3.55. The monoisotopic (exact) mass is 389 g/mol. The largest absolute Gasteiger partial charge is 0.504 e. The maximum Gasteiger partial charge on any atom is 0.340 e. The molecule has 1 fully saturated rings. The second-order valence-corrected chi connectivity index (χ2v) is 6.91. The van der Waals surface area contributed by atoms with Gasteiger partial charge in [-0.15, -0.1) is 0 Å². The summed E-state index contributed by atoms with van der Waals surface area (Å²) in [4.78, 5) is 38.7. The third kappa shape index (κ3) is 3.67. The van der Waals surface area contributed by atoms with Gasteiger partial charge in [-0.3, -0.25) is 9.59 Å². The number of nitrogens with zero attached hydrogens (tertiary/aromatic N) is 1. The van der Waals surface area contributed by atoms with Crippen molar-refractivity contribution >= 4 is 22.8 Å². The predicted molar refractivity (Wildman–Crippen MR) is 100 cm³/mol. The van der Waals surface area contributed by atoms with Crippen LogP contribution in [0.3, 0.4) is 0 Å². The number of phenolic OH excluding ortho intramolecular Hbond substituents is 2. The standard InChI is InChI=1S/C20H23NO7/c1-3-27-19(25)12-5-4-8-21(10-12)16(23)9-14-11(2)13-6-7-15(22)17(24)18(13)28-20(14)26/h6-7,12,22,24H,3-5,8-10H2,1-2H3/t12-/m1/s1. The molecule has 3 rings (SSSR count). The van der Waals surface area contributed by atoms with Crippen molar-refractivity contribution in [2.75, 3.05) is 19.7 Å². The number of aryl methyl sites for hydroxylation is 1. The zero-order chi connectivity index (χ0) is 20.4. The molecule has 0 radical (unpaired) electrons. The number of amides is 1. The Morgan fingerprint density at radius 1 is 1.32 bits per heavy atom. The van der Waals surface area contributed by atoms with Crippen molar-refractivity contribution in [3.63, 3.8) is 0 Å². The maximum atomic E-state index is 12.8. The fourth-order valence-electron chi connectivity index (χ4n) is 3.55. The van der Waals surface area contributed by atoms with Crippen LogP contribution in [0.15, 0.2) is 21.3 Å². The minimum atomic E-state index is -0.738. The summed E-state index contributed by atoms with van der Waals surface area (Å²) < 4.78 is 10.2. The molecule has 2 heterocycles. The summed E-state index contributed by atoms with van der Waals surface area (Å²) in [5.41, 5.74) is -0.146. The van der Waals surface area contributed by atoms with E-state index in [1.165, 1.54) is 12.1 Å². The number of aromatic hydroxyl groups is 2. The van der Waals surface area contributed by atoms with E-state index in [4.69, 9.17) is 9.15 Å². The number of rotatable bonds is 4. The molecule has 2 aromatic rings. The van der Waals surface area contributed by atoms with Gasteiger partial charge in [0, 0.05) is 18.5 Å². The van der Waals surface area contributed by atoms with Gasteiger partial charge in [-0.2, -0.15) is 0 Å². The molecule has 1 amide bonds. The molecule has 1 aromatic carbocycles. The molecule has 1 atom stereocenters. The summed E-state index contributed by atoms with van der Waals surface area (Å²) in [6.45, 7) is 4.48. The van der Waals surface area contributed by atoms with E-state index >= 15 is 0 Å². The number of hydrogen-bond acceptors (Lipinski definition) is 7. The van der Waals surface area contributed by atoms with E-state index in [0.717, 1.165) is 0 Å². The molecule has 1 aromatic heterocycles. The van der Waals surface area contributed by atoms with E-state index < -0.39 is 17.1 Å². The molecular weight excluding hydrogens is 366 g/mol. The van der Waals surface area contributed by atoms with Gasteiger partial charge in [0.05, 0.1) is 24.5 Å². The number of likely N-dealkylation sites (tertiary alicyclic amines) is 1. The highest BCUT2D eigenvalue weighted by Crippen LogP contribution is 2.34. The number of carbonyl (C=O) groups excluding carboxylic acids is 2. The molecule has 1 aliphatic rings. The van der Waals surface area contributed by atoms with Gasteiger partial charge in [0.1, 0.15) is 0 Å². The van der Waals surface area contributed by atoms with Crippen LogP contribution < -0.4 is 5.63 Å². The molecule has 0 saturated carbocycles. The lowest BCUT2D eigenvalue weighted by Gasteiger charge is -2.31. The summed E-state index contributed by atoms with van der Waals surface area (Å²) in [5, 5.41) is 19.9. The second-order valence-electron chi connectivity index (χ2n) is 6.91. The van der Waals surface area contributed by atoms with Gasteiger partial charge in [-0.25, -0.2) is 4.79 Å². The molecule has 1 saturated heterocycles. The van der Waals surface area contributed by atoms with Crippen molar-refractivity contribution < 1.29 is 29.0 Å². The van der Waals surface area contributed by atoms with Crippen LogP contribution in [-0.4, -0.2) is 46.7 Å². The van der Waals surface area contributed by atoms with E-state index in [0.29, 0.717) is 36.9 Å². The van der Waals surface area contributed by atoms with Gasteiger partial charge in [-0.05, 0) is 44.4 Å². The quantitative estimate of drug-likeness (QED) is 0.465. The fraction of sp³-hybridized carbons (Fsp3) is 0.450. The number of hydrogen-bond donors (Lipinski definition) is 2. The molecule has 8 heteroatoms. The molecule has 2 N–H and O–H groups in total. The zero-order valence-electron chi connectivity index (χ0n) is 15.9. The maximum absolute atomic E-state index is 12.8. The Morgan fingerprint density at radius 2 is 2.07 bits per heavy atom. The molecule has 0 unspecified atom stereocenters. The number of carbonyl (C=O) groups is 2. The molecule has 0 spiro atoms. The molecule has 1 aliphatic heterocycles. The van der Waals surface area contributed by atoms with Crippen LogP contribution in [0.4, 0.5) is 0 Å². The van der Waals surface area contributed by atoms with E-state index in [1.807, 2.05) is 0 Å². The summed E-state index contributed by atoms with van der Waals surface area (Å²) in [7, 11) is 0. The van der Waals surface area contributed by atoms with Crippen LogP contribution in [0.1, 0.15) is 30.9 Å². The summed E-state index contributed by atoms with van der Waals surface area (Å²) in [5.74, 6) is -1.84. The van der Waals surface area contributed by atoms with Crippen molar-refractivity contribution in [2.24, 2.45) is 5.92 Å². The Morgan fingerprint density at radius 3 is 2.79 bits per heavy atom. The summed E-state index contributed by atoms with van der Waals surface area (Å²) >= 11 is 0. The van der Waals surface area contributed by atoms with E-state index in [-0.39, 0.29) is 41.9 Å². The predicted octanol–water partition coefficient (Wildman–Crippen LogP) is 1.86. The third-order valence-electron chi connectivity index (χ3n) is 5.13. The zero-order valence-corrected chi connectivity index (χ0v) is 15.9. The Labute approximate surface area is 161 Å². The second kappa shape index (κ2) is 7.92. The van der Waals surface area contributed by atoms with Crippen LogP contribution in [0.2, 0.25) is 0 Å². The van der Waals surface area contributed by atoms with E-state index in [1.54, 1.807) is 18.7 Å². The topological polar surface area (TPSA) is 117 Å². The number of ether oxygens (including phenoxy) is 1. The van der Waals surface area contributed by atoms with Gasteiger partial charge in [0.2, 0.25) is 11.7 Å². The highest BCUT2D eigenvalue weighted by atomic mass is 16.5. The van der Waals surface area contributed by atoms with Crippen LogP contribution in [0.5, 0.6) is 11.5 Å². The number of piperidine rings is 1. The first-order valence-corrected chi connectivity index (χ1v) is 9.25. The average Bonchev–Trinajstić information content (AvgIpc) is 2.68. The lowest BCUT2D eigenvalue weighted by atomic mass is 9.97. The van der Waals surface area contributed by atoms with Crippen molar-refractivity contribution in [2.45, 2.75) is 33.1 Å². The highest BCUT2D eigenvalue weighted by Gasteiger charge is 2.30. The van der Waals surface area contributed by atoms with Crippen molar-refractivity contribution in [1.29, 1.82) is 0 Å². The number of phenols is 2. The van der Waals surface area contributed by atoms with Crippen molar-refractivity contribution in [3.8, 4) is 11.5 Å². The van der Waals surface area contributed by atoms with Crippen LogP contribution in [-0.2, 0) is 20.7 Å². The first kappa shape index (κ1) is 19.7. The normalized spacial score (nSPS) is 16.9. The first-order chi connectivity index (χ1) is 13.3. The minimum Gasteiger partial charge on any atom is -0.504 e. The summed E-state index contributed by atoms with van der Waals surface area (Å²) in [6.07, 6.45) is 1.19. The first-order valence-electron chi connectivity index (χ1n) is 9.25. The smallest absolute Gasteiger partial charge is 0.340 e. The molecule has 28 heavy (non-hydrogen) atoms. The van der Waals surface area contributed by atoms with Gasteiger partial charge < -0.3 is 24.3 Å². The minimum absolute atomic E-state index is 0.112. The van der Waals surface area contributed by atoms with Crippen LogP contribution in [0.25, 0.3) is 11.0 Å². The summed E-state index contributed by atoms with van der Waals surface area (Å²) in [6, 6.07) is 2.82. The van der Waals surface area contributed by atoms with Gasteiger partial charge in [-0.1, -0.05) is 0 Å². The van der Waals surface area contributed by atoms with Gasteiger partial charge >= 0.3 is 11.6 Å². The lowest BCUT2D eigenvalue weighted by Crippen LogP contribution is -2.43. The average molecular weight is 389 g/mol. The lowest BCUT2D eigenvalue weighted by molar-refractivity contribution is -0.151. The van der Waals surface area contributed by atoms with Crippen LogP contribution in [0, 0.1) is 12.8 Å².